The Labute approximate surface area is 96.2 Å². The first kappa shape index (κ1) is 12.8. The third kappa shape index (κ3) is 3.09. The second-order valence-electron chi connectivity index (χ2n) is 4.63. The minimum Gasteiger partial charge on any atom is -0.358 e. The fraction of sp³-hybridized carbons (Fsp3) is 0.714. The van der Waals surface area contributed by atoms with Crippen molar-refractivity contribution in [1.82, 2.24) is 10.5 Å². The van der Waals surface area contributed by atoms with E-state index >= 15 is 0 Å². The van der Waals surface area contributed by atoms with Gasteiger partial charge in [0, 0.05) is 6.42 Å². The molecule has 0 aromatic heterocycles. The van der Waals surface area contributed by atoms with Gasteiger partial charge < -0.3 is 20.2 Å². The molecule has 0 unspecified atom stereocenters. The van der Waals surface area contributed by atoms with Crippen molar-refractivity contribution in [2.45, 2.75) is 27.2 Å². The van der Waals surface area contributed by atoms with Crippen molar-refractivity contribution < 1.29 is 9.96 Å². The van der Waals surface area contributed by atoms with E-state index in [1.165, 1.54) is 0 Å². The maximum atomic E-state index is 10.8. The van der Waals surface area contributed by atoms with Crippen molar-refractivity contribution in [1.29, 1.82) is 0 Å². The molecule has 0 aromatic carbocycles. The summed E-state index contributed by atoms with van der Waals surface area (Å²) in [5, 5.41) is 26.8. The first-order valence-electron chi connectivity index (χ1n) is 4.71. The van der Waals surface area contributed by atoms with Crippen LogP contribution < -0.4 is 5.43 Å². The molecule has 1 rings (SSSR count). The molecule has 94 valence electrons. The molecule has 10 nitrogen and oxygen atoms in total. The van der Waals surface area contributed by atoms with Crippen molar-refractivity contribution in [3.05, 3.63) is 31.7 Å². The highest BCUT2D eigenvalue weighted by Crippen LogP contribution is 2.27. The van der Waals surface area contributed by atoms with Gasteiger partial charge in [-0.25, -0.2) is 5.43 Å². The van der Waals surface area contributed by atoms with E-state index in [0.29, 0.717) is 0 Å². The number of nitro groups is 2. The van der Waals surface area contributed by atoms with Crippen LogP contribution >= 0.6 is 0 Å². The van der Waals surface area contributed by atoms with Gasteiger partial charge in [-0.05, 0) is 10.3 Å². The van der Waals surface area contributed by atoms with E-state index in [0.717, 1.165) is 0 Å². The SMILES string of the molecule is CC(C)(C)CC1=C([N+](=O)[O-])N([N+](=O)[O-])N=NN1. The number of hydrazine groups is 1. The summed E-state index contributed by atoms with van der Waals surface area (Å²) in [6, 6.07) is 0. The van der Waals surface area contributed by atoms with Crippen LogP contribution in [0.5, 0.6) is 0 Å². The van der Waals surface area contributed by atoms with Crippen LogP contribution in [0.15, 0.2) is 22.0 Å². The molecule has 1 aliphatic rings. The van der Waals surface area contributed by atoms with Crippen LogP contribution in [0.25, 0.3) is 0 Å². The highest BCUT2D eigenvalue weighted by molar-refractivity contribution is 5.06. The van der Waals surface area contributed by atoms with E-state index in [9.17, 15) is 20.2 Å². The van der Waals surface area contributed by atoms with Crippen molar-refractivity contribution in [2.75, 3.05) is 0 Å². The zero-order chi connectivity index (χ0) is 13.2. The Morgan fingerprint density at radius 3 is 2.35 bits per heavy atom. The van der Waals surface area contributed by atoms with Gasteiger partial charge in [0.2, 0.25) is 5.12 Å². The zero-order valence-corrected chi connectivity index (χ0v) is 9.58. The van der Waals surface area contributed by atoms with Gasteiger partial charge in [-0.1, -0.05) is 20.8 Å². The van der Waals surface area contributed by atoms with E-state index in [-0.39, 0.29) is 22.7 Å². The van der Waals surface area contributed by atoms with Crippen LogP contribution in [0.4, 0.5) is 0 Å². The average Bonchev–Trinajstić information content (AvgIpc) is 2.14. The molecule has 0 aliphatic carbocycles. The standard InChI is InChI=1S/C7H12N6O4/c1-7(2,3)4-5-6(12(14)15)11(13(16)17)10-9-8-5/h4H2,1-3H3,(H,8,10). The molecule has 0 atom stereocenters. The minimum atomic E-state index is -0.995. The fourth-order valence-corrected chi connectivity index (χ4v) is 1.28. The second-order valence-corrected chi connectivity index (χ2v) is 4.63. The quantitative estimate of drug-likeness (QED) is 0.587. The Kier molecular flexibility index (Phi) is 3.25. The van der Waals surface area contributed by atoms with Crippen molar-refractivity contribution in [2.24, 2.45) is 15.9 Å². The molecule has 0 aromatic rings. The predicted octanol–water partition coefficient (Wildman–Crippen LogP) is 1.25. The maximum Gasteiger partial charge on any atom is 0.439 e. The molecule has 1 heterocycles. The number of hydrogen-bond donors (Lipinski definition) is 1. The summed E-state index contributed by atoms with van der Waals surface area (Å²) in [5.74, 6) is -0.708. The topological polar surface area (TPSA) is 126 Å². The van der Waals surface area contributed by atoms with Crippen LogP contribution in [-0.4, -0.2) is 15.1 Å². The maximum absolute atomic E-state index is 10.8. The Balaban J connectivity index is 3.14. The molecule has 1 N–H and O–H groups in total. The molecule has 0 amide bonds. The van der Waals surface area contributed by atoms with Gasteiger partial charge in [-0.3, -0.25) is 0 Å². The lowest BCUT2D eigenvalue weighted by molar-refractivity contribution is -0.683. The lowest BCUT2D eigenvalue weighted by atomic mass is 9.90. The smallest absolute Gasteiger partial charge is 0.358 e. The number of hydrogen-bond acceptors (Lipinski definition) is 7. The van der Waals surface area contributed by atoms with Gasteiger partial charge >= 0.3 is 11.0 Å². The average molecular weight is 244 g/mol. The van der Waals surface area contributed by atoms with Crippen LogP contribution in [0.1, 0.15) is 27.2 Å². The number of allylic oxidation sites excluding steroid dienone is 1. The van der Waals surface area contributed by atoms with Gasteiger partial charge in [-0.2, -0.15) is 0 Å². The van der Waals surface area contributed by atoms with Gasteiger partial charge in [0.1, 0.15) is 5.70 Å². The number of rotatable bonds is 3. The van der Waals surface area contributed by atoms with Crippen LogP contribution in [-0.2, 0) is 0 Å². The highest BCUT2D eigenvalue weighted by Gasteiger charge is 2.42. The van der Waals surface area contributed by atoms with Crippen molar-refractivity contribution in [3.63, 3.8) is 0 Å². The van der Waals surface area contributed by atoms with E-state index in [2.05, 4.69) is 15.9 Å². The summed E-state index contributed by atoms with van der Waals surface area (Å²) in [5.41, 5.74) is 2.13. The Morgan fingerprint density at radius 2 is 1.94 bits per heavy atom. The molecule has 0 bridgehead atoms. The second kappa shape index (κ2) is 4.31. The number of nitrogens with zero attached hydrogens (tertiary/aromatic N) is 5. The predicted molar refractivity (Wildman–Crippen MR) is 54.9 cm³/mol. The minimum absolute atomic E-state index is 0.0531. The Bertz CT molecular complexity index is 409. The molecule has 10 heteroatoms. The van der Waals surface area contributed by atoms with E-state index < -0.39 is 15.8 Å². The summed E-state index contributed by atoms with van der Waals surface area (Å²) in [6.07, 6.45) is 0.243. The van der Waals surface area contributed by atoms with Gasteiger partial charge in [0.05, 0.1) is 5.22 Å². The molecule has 0 fully saturated rings. The zero-order valence-electron chi connectivity index (χ0n) is 9.58. The largest absolute Gasteiger partial charge is 0.439 e. The molecule has 0 radical (unpaired) electrons. The first-order chi connectivity index (χ1) is 7.72. The molecular weight excluding hydrogens is 232 g/mol. The summed E-state index contributed by atoms with van der Waals surface area (Å²) in [6.45, 7) is 5.55. The molecule has 0 saturated carbocycles. The third-order valence-corrected chi connectivity index (χ3v) is 1.81. The van der Waals surface area contributed by atoms with Gasteiger partial charge in [0.25, 0.3) is 0 Å². The van der Waals surface area contributed by atoms with Gasteiger partial charge in [-0.15, -0.1) is 0 Å². The van der Waals surface area contributed by atoms with E-state index in [1.807, 2.05) is 20.8 Å². The van der Waals surface area contributed by atoms with Crippen molar-refractivity contribution >= 4 is 0 Å². The highest BCUT2D eigenvalue weighted by atomic mass is 16.7. The molecule has 17 heavy (non-hydrogen) atoms. The summed E-state index contributed by atoms with van der Waals surface area (Å²) in [7, 11) is 0. The normalized spacial score (nSPS) is 15.8. The Hall–Kier alpha value is -2.26. The molecule has 1 aliphatic heterocycles. The summed E-state index contributed by atoms with van der Waals surface area (Å²) >= 11 is 0. The lowest BCUT2D eigenvalue weighted by Crippen LogP contribution is -2.35. The van der Waals surface area contributed by atoms with E-state index in [1.54, 1.807) is 0 Å². The summed E-state index contributed by atoms with van der Waals surface area (Å²) < 4.78 is 0. The molecule has 0 saturated heterocycles. The van der Waals surface area contributed by atoms with Crippen molar-refractivity contribution in [3.8, 4) is 0 Å². The van der Waals surface area contributed by atoms with E-state index in [4.69, 9.17) is 0 Å². The Morgan fingerprint density at radius 1 is 1.35 bits per heavy atom. The lowest BCUT2D eigenvalue weighted by Gasteiger charge is -2.20. The summed E-state index contributed by atoms with van der Waals surface area (Å²) in [4.78, 5) is 20.6. The van der Waals surface area contributed by atoms with Crippen LogP contribution in [0, 0.1) is 25.6 Å². The van der Waals surface area contributed by atoms with Crippen LogP contribution in [0.3, 0.4) is 0 Å². The third-order valence-electron chi connectivity index (χ3n) is 1.81. The van der Waals surface area contributed by atoms with Crippen LogP contribution in [0.2, 0.25) is 0 Å². The molecule has 0 spiro atoms. The van der Waals surface area contributed by atoms with Gasteiger partial charge in [0.15, 0.2) is 5.03 Å². The molecular formula is C7H12N6O4. The fourth-order valence-electron chi connectivity index (χ4n) is 1.28. The monoisotopic (exact) mass is 244 g/mol. The number of nitrogens with one attached hydrogen (secondary N) is 1. The first-order valence-corrected chi connectivity index (χ1v) is 4.71.